The summed E-state index contributed by atoms with van der Waals surface area (Å²) in [6, 6.07) is 8.17. The van der Waals surface area contributed by atoms with E-state index >= 15 is 0 Å². The standard InChI is InChI=1S/C17H22N8/c1-18-17(24(2)10-14-9-22-25(3)11-14)19-8-13-5-4-6-15(7-13)16-20-12-21-23-16/h4-7,9,11-12H,8,10H2,1-3H3,(H,18,19)(H,20,21,23). The van der Waals surface area contributed by atoms with Crippen LogP contribution < -0.4 is 5.32 Å². The zero-order valence-corrected chi connectivity index (χ0v) is 14.6. The van der Waals surface area contributed by atoms with E-state index in [1.54, 1.807) is 11.7 Å². The van der Waals surface area contributed by atoms with E-state index in [4.69, 9.17) is 0 Å². The highest BCUT2D eigenvalue weighted by Crippen LogP contribution is 2.15. The van der Waals surface area contributed by atoms with E-state index in [2.05, 4.69) is 47.6 Å². The molecule has 0 aliphatic heterocycles. The van der Waals surface area contributed by atoms with Crippen LogP contribution >= 0.6 is 0 Å². The van der Waals surface area contributed by atoms with Crippen molar-refractivity contribution in [1.82, 2.24) is 35.2 Å². The number of aliphatic imine (C=N–C) groups is 1. The Morgan fingerprint density at radius 3 is 2.92 bits per heavy atom. The molecule has 130 valence electrons. The van der Waals surface area contributed by atoms with Gasteiger partial charge in [0.25, 0.3) is 0 Å². The Kier molecular flexibility index (Phi) is 5.08. The number of guanidine groups is 1. The first kappa shape index (κ1) is 16.7. The van der Waals surface area contributed by atoms with Crippen LogP contribution in [0.1, 0.15) is 11.1 Å². The smallest absolute Gasteiger partial charge is 0.193 e. The number of H-pyrrole nitrogens is 1. The van der Waals surface area contributed by atoms with Crippen molar-refractivity contribution in [3.63, 3.8) is 0 Å². The lowest BCUT2D eigenvalue weighted by Gasteiger charge is -2.21. The predicted octanol–water partition coefficient (Wildman–Crippen LogP) is 1.41. The number of aryl methyl sites for hydroxylation is 1. The SMILES string of the molecule is CN=C(NCc1cccc(-c2ncn[nH]2)c1)N(C)Cc1cnn(C)c1. The summed E-state index contributed by atoms with van der Waals surface area (Å²) in [5.74, 6) is 1.59. The largest absolute Gasteiger partial charge is 0.352 e. The third kappa shape index (κ3) is 4.23. The summed E-state index contributed by atoms with van der Waals surface area (Å²) < 4.78 is 1.80. The topological polar surface area (TPSA) is 87.0 Å². The molecule has 0 aliphatic carbocycles. The highest BCUT2D eigenvalue weighted by Gasteiger charge is 2.08. The van der Waals surface area contributed by atoms with Crippen LogP contribution in [0.15, 0.2) is 48.0 Å². The molecular formula is C17H22N8. The average molecular weight is 338 g/mol. The van der Waals surface area contributed by atoms with Crippen LogP contribution in [0.4, 0.5) is 0 Å². The van der Waals surface area contributed by atoms with Crippen LogP contribution in [-0.4, -0.2) is 49.9 Å². The summed E-state index contributed by atoms with van der Waals surface area (Å²) in [6.45, 7) is 1.41. The molecule has 0 atom stereocenters. The van der Waals surface area contributed by atoms with E-state index in [1.807, 2.05) is 38.6 Å². The highest BCUT2D eigenvalue weighted by atomic mass is 15.3. The maximum Gasteiger partial charge on any atom is 0.193 e. The van der Waals surface area contributed by atoms with Gasteiger partial charge in [0.05, 0.1) is 6.20 Å². The summed E-state index contributed by atoms with van der Waals surface area (Å²) in [7, 11) is 5.71. The maximum atomic E-state index is 4.35. The zero-order chi connectivity index (χ0) is 17.6. The van der Waals surface area contributed by atoms with Gasteiger partial charge in [0.1, 0.15) is 6.33 Å². The summed E-state index contributed by atoms with van der Waals surface area (Å²) >= 11 is 0. The summed E-state index contributed by atoms with van der Waals surface area (Å²) in [5.41, 5.74) is 3.29. The summed E-state index contributed by atoms with van der Waals surface area (Å²) in [4.78, 5) is 10.6. The Labute approximate surface area is 146 Å². The van der Waals surface area contributed by atoms with Crippen molar-refractivity contribution in [2.45, 2.75) is 13.1 Å². The monoisotopic (exact) mass is 338 g/mol. The lowest BCUT2D eigenvalue weighted by Crippen LogP contribution is -2.37. The van der Waals surface area contributed by atoms with E-state index in [-0.39, 0.29) is 0 Å². The van der Waals surface area contributed by atoms with Gasteiger partial charge in [-0.1, -0.05) is 18.2 Å². The molecule has 3 rings (SSSR count). The molecule has 0 spiro atoms. The van der Waals surface area contributed by atoms with E-state index in [0.717, 1.165) is 35.0 Å². The number of nitrogens with one attached hydrogen (secondary N) is 2. The lowest BCUT2D eigenvalue weighted by molar-refractivity contribution is 0.476. The van der Waals surface area contributed by atoms with Gasteiger partial charge in [0.15, 0.2) is 11.8 Å². The molecule has 0 bridgehead atoms. The van der Waals surface area contributed by atoms with Crippen molar-refractivity contribution in [2.75, 3.05) is 14.1 Å². The average Bonchev–Trinajstić information content (AvgIpc) is 3.28. The summed E-state index contributed by atoms with van der Waals surface area (Å²) in [5, 5.41) is 14.4. The second kappa shape index (κ2) is 7.61. The molecule has 2 heterocycles. The van der Waals surface area contributed by atoms with E-state index in [1.165, 1.54) is 6.33 Å². The number of hydrogen-bond donors (Lipinski definition) is 2. The molecule has 8 nitrogen and oxygen atoms in total. The van der Waals surface area contributed by atoms with E-state index in [0.29, 0.717) is 6.54 Å². The molecule has 0 aliphatic rings. The number of aromatic nitrogens is 5. The molecule has 0 amide bonds. The van der Waals surface area contributed by atoms with Crippen LogP contribution in [0.3, 0.4) is 0 Å². The molecule has 0 unspecified atom stereocenters. The molecule has 0 saturated carbocycles. The highest BCUT2D eigenvalue weighted by molar-refractivity contribution is 5.79. The molecule has 0 radical (unpaired) electrons. The fourth-order valence-corrected chi connectivity index (χ4v) is 2.64. The number of rotatable bonds is 5. The first-order valence-electron chi connectivity index (χ1n) is 7.99. The summed E-state index contributed by atoms with van der Waals surface area (Å²) in [6.07, 6.45) is 5.38. The molecule has 25 heavy (non-hydrogen) atoms. The predicted molar refractivity (Wildman–Crippen MR) is 96.7 cm³/mol. The van der Waals surface area contributed by atoms with Gasteiger partial charge in [-0.3, -0.25) is 14.8 Å². The number of aromatic amines is 1. The van der Waals surface area contributed by atoms with Gasteiger partial charge in [0, 0.05) is 51.6 Å². The Morgan fingerprint density at radius 1 is 1.36 bits per heavy atom. The van der Waals surface area contributed by atoms with Gasteiger partial charge in [-0.05, 0) is 11.6 Å². The molecule has 2 aromatic heterocycles. The molecule has 1 aromatic carbocycles. The van der Waals surface area contributed by atoms with E-state index in [9.17, 15) is 0 Å². The molecule has 0 fully saturated rings. The second-order valence-electron chi connectivity index (χ2n) is 5.81. The van der Waals surface area contributed by atoms with Crippen molar-refractivity contribution < 1.29 is 0 Å². The number of nitrogens with zero attached hydrogens (tertiary/aromatic N) is 6. The van der Waals surface area contributed by atoms with Gasteiger partial charge in [0.2, 0.25) is 0 Å². The minimum atomic E-state index is 0.673. The Balaban J connectivity index is 1.62. The molecular weight excluding hydrogens is 316 g/mol. The fraction of sp³-hybridized carbons (Fsp3) is 0.294. The van der Waals surface area contributed by atoms with Gasteiger partial charge in [-0.15, -0.1) is 0 Å². The van der Waals surface area contributed by atoms with Crippen molar-refractivity contribution in [1.29, 1.82) is 0 Å². The quantitative estimate of drug-likeness (QED) is 0.543. The Morgan fingerprint density at radius 2 is 2.24 bits per heavy atom. The van der Waals surface area contributed by atoms with Crippen LogP contribution in [0.2, 0.25) is 0 Å². The molecule has 8 heteroatoms. The van der Waals surface area contributed by atoms with Crippen molar-refractivity contribution >= 4 is 5.96 Å². The minimum Gasteiger partial charge on any atom is -0.352 e. The minimum absolute atomic E-state index is 0.673. The van der Waals surface area contributed by atoms with Crippen LogP contribution in [-0.2, 0) is 20.1 Å². The van der Waals surface area contributed by atoms with Crippen LogP contribution in [0.5, 0.6) is 0 Å². The van der Waals surface area contributed by atoms with Crippen LogP contribution in [0.25, 0.3) is 11.4 Å². The Hall–Kier alpha value is -3.16. The normalized spacial score (nSPS) is 11.6. The van der Waals surface area contributed by atoms with Gasteiger partial charge >= 0.3 is 0 Å². The first-order chi connectivity index (χ1) is 12.2. The number of hydrogen-bond acceptors (Lipinski definition) is 4. The van der Waals surface area contributed by atoms with Crippen molar-refractivity contribution in [3.05, 3.63) is 54.1 Å². The van der Waals surface area contributed by atoms with Gasteiger partial charge < -0.3 is 10.2 Å². The zero-order valence-electron chi connectivity index (χ0n) is 14.6. The molecule has 3 aromatic rings. The lowest BCUT2D eigenvalue weighted by atomic mass is 10.1. The van der Waals surface area contributed by atoms with Crippen molar-refractivity contribution in [2.24, 2.45) is 12.0 Å². The van der Waals surface area contributed by atoms with Gasteiger partial charge in [-0.25, -0.2) is 4.98 Å². The fourth-order valence-electron chi connectivity index (χ4n) is 2.64. The third-order valence-corrected chi connectivity index (χ3v) is 3.82. The van der Waals surface area contributed by atoms with Crippen LogP contribution in [0, 0.1) is 0 Å². The van der Waals surface area contributed by atoms with Gasteiger partial charge in [-0.2, -0.15) is 10.2 Å². The Bertz CT molecular complexity index is 834. The van der Waals surface area contributed by atoms with E-state index < -0.39 is 0 Å². The third-order valence-electron chi connectivity index (χ3n) is 3.82. The second-order valence-corrected chi connectivity index (χ2v) is 5.81. The maximum absolute atomic E-state index is 4.35. The van der Waals surface area contributed by atoms with Crippen molar-refractivity contribution in [3.8, 4) is 11.4 Å². The molecule has 0 saturated heterocycles. The number of benzene rings is 1. The first-order valence-corrected chi connectivity index (χ1v) is 7.99. The molecule has 2 N–H and O–H groups in total.